The van der Waals surface area contributed by atoms with Crippen LogP contribution in [0.15, 0.2) is 47.8 Å². The van der Waals surface area contributed by atoms with Gasteiger partial charge in [-0.05, 0) is 48.9 Å². The van der Waals surface area contributed by atoms with E-state index in [2.05, 4.69) is 22.8 Å². The summed E-state index contributed by atoms with van der Waals surface area (Å²) in [5, 5.41) is 2.11. The zero-order chi connectivity index (χ0) is 23.6. The Bertz CT molecular complexity index is 1090. The lowest BCUT2D eigenvalue weighted by Crippen LogP contribution is -2.41. The Morgan fingerprint density at radius 1 is 1.03 bits per heavy atom. The number of hydrogen-bond acceptors (Lipinski definition) is 7. The molecule has 2 amide bonds. The van der Waals surface area contributed by atoms with E-state index in [-0.39, 0.29) is 18.1 Å². The molecule has 2 N–H and O–H groups in total. The fourth-order valence-corrected chi connectivity index (χ4v) is 3.35. The minimum atomic E-state index is -0.570. The molecule has 8 nitrogen and oxygen atoms in total. The Labute approximate surface area is 194 Å². The molecule has 1 heterocycles. The second kappa shape index (κ2) is 11.8. The van der Waals surface area contributed by atoms with Gasteiger partial charge in [0.25, 0.3) is 11.8 Å². The van der Waals surface area contributed by atoms with E-state index in [4.69, 9.17) is 14.2 Å². The smallest absolute Gasteiger partial charge is 0.289 e. The highest BCUT2D eigenvalue weighted by atomic mass is 32.1. The number of carbonyl (C=O) groups is 2. The Hall–Kier alpha value is -3.66. The quantitative estimate of drug-likeness (QED) is 0.340. The zero-order valence-electron chi connectivity index (χ0n) is 18.2. The molecule has 0 saturated heterocycles. The van der Waals surface area contributed by atoms with E-state index in [9.17, 15) is 14.0 Å². The summed E-state index contributed by atoms with van der Waals surface area (Å²) < 4.78 is 29.4. The second-order valence-corrected chi connectivity index (χ2v) is 7.79. The number of unbranched alkanes of at least 4 members (excludes halogenated alkanes) is 1. The number of thiazole rings is 1. The minimum Gasteiger partial charge on any atom is -0.493 e. The van der Waals surface area contributed by atoms with E-state index in [1.165, 1.54) is 48.8 Å². The number of hydrogen-bond donors (Lipinski definition) is 2. The van der Waals surface area contributed by atoms with Crippen LogP contribution in [0.2, 0.25) is 0 Å². The van der Waals surface area contributed by atoms with Crippen LogP contribution in [0, 0.1) is 5.82 Å². The molecule has 0 aliphatic rings. The molecule has 0 saturated carbocycles. The zero-order valence-corrected chi connectivity index (χ0v) is 19.0. The summed E-state index contributed by atoms with van der Waals surface area (Å²) >= 11 is 1.23. The number of nitrogens with zero attached hydrogens (tertiary/aromatic N) is 1. The highest BCUT2D eigenvalue weighted by molar-refractivity contribution is 7.09. The summed E-state index contributed by atoms with van der Waals surface area (Å²) in [6.07, 6.45) is 1.92. The highest BCUT2D eigenvalue weighted by Crippen LogP contribution is 2.28. The van der Waals surface area contributed by atoms with Crippen molar-refractivity contribution in [1.29, 1.82) is 0 Å². The fourth-order valence-electron chi connectivity index (χ4n) is 2.66. The predicted octanol–water partition coefficient (Wildman–Crippen LogP) is 4.12. The van der Waals surface area contributed by atoms with Crippen LogP contribution in [0.3, 0.4) is 0 Å². The van der Waals surface area contributed by atoms with E-state index in [0.29, 0.717) is 34.4 Å². The maximum atomic E-state index is 12.9. The van der Waals surface area contributed by atoms with Crippen LogP contribution in [0.5, 0.6) is 17.2 Å². The van der Waals surface area contributed by atoms with Crippen molar-refractivity contribution in [1.82, 2.24) is 15.8 Å². The summed E-state index contributed by atoms with van der Waals surface area (Å²) in [6.45, 7) is 2.75. The molecule has 0 bridgehead atoms. The van der Waals surface area contributed by atoms with Gasteiger partial charge in [-0.2, -0.15) is 0 Å². The first-order valence-electron chi connectivity index (χ1n) is 10.2. The molecule has 3 aromatic rings. The van der Waals surface area contributed by atoms with Gasteiger partial charge in [-0.3, -0.25) is 20.4 Å². The van der Waals surface area contributed by atoms with Crippen molar-refractivity contribution in [2.24, 2.45) is 0 Å². The standard InChI is InChI=1S/C23H24FN3O5S/c1-3-4-11-31-19-10-5-15(12-20(19)30-2)22(28)26-27-23(29)18-14-33-21(25-18)13-32-17-8-6-16(24)7-9-17/h5-10,12,14H,3-4,11,13H2,1-2H3,(H,26,28)(H,27,29). The Morgan fingerprint density at radius 3 is 2.52 bits per heavy atom. The summed E-state index contributed by atoms with van der Waals surface area (Å²) in [5.41, 5.74) is 5.12. The molecule has 10 heteroatoms. The molecule has 2 aromatic carbocycles. The van der Waals surface area contributed by atoms with Crippen LogP contribution < -0.4 is 25.1 Å². The van der Waals surface area contributed by atoms with Gasteiger partial charge < -0.3 is 14.2 Å². The van der Waals surface area contributed by atoms with Crippen LogP contribution in [0.25, 0.3) is 0 Å². The van der Waals surface area contributed by atoms with Gasteiger partial charge in [0.1, 0.15) is 28.9 Å². The van der Waals surface area contributed by atoms with E-state index in [1.54, 1.807) is 17.5 Å². The summed E-state index contributed by atoms with van der Waals surface area (Å²) in [5.74, 6) is 0.0186. The van der Waals surface area contributed by atoms with Gasteiger partial charge in [0.05, 0.1) is 13.7 Å². The van der Waals surface area contributed by atoms with E-state index < -0.39 is 11.8 Å². The first-order valence-corrected chi connectivity index (χ1v) is 11.1. The third-order valence-electron chi connectivity index (χ3n) is 4.43. The number of carbonyl (C=O) groups excluding carboxylic acids is 2. The number of halogens is 1. The van der Waals surface area contributed by atoms with Crippen LogP contribution in [-0.4, -0.2) is 30.5 Å². The molecule has 174 valence electrons. The lowest BCUT2D eigenvalue weighted by atomic mass is 10.2. The lowest BCUT2D eigenvalue weighted by molar-refractivity contribution is 0.0844. The van der Waals surface area contributed by atoms with Gasteiger partial charge in [0.2, 0.25) is 0 Å². The highest BCUT2D eigenvalue weighted by Gasteiger charge is 2.15. The molecule has 0 radical (unpaired) electrons. The molecule has 0 unspecified atom stereocenters. The number of nitrogens with one attached hydrogen (secondary N) is 2. The number of hydrazine groups is 1. The van der Waals surface area contributed by atoms with Crippen molar-refractivity contribution in [3.05, 3.63) is 69.9 Å². The van der Waals surface area contributed by atoms with Crippen molar-refractivity contribution < 1.29 is 28.2 Å². The molecule has 0 aliphatic heterocycles. The fraction of sp³-hybridized carbons (Fsp3) is 0.261. The summed E-state index contributed by atoms with van der Waals surface area (Å²) in [4.78, 5) is 28.9. The van der Waals surface area contributed by atoms with Crippen molar-refractivity contribution in [3.8, 4) is 17.2 Å². The van der Waals surface area contributed by atoms with Crippen molar-refractivity contribution >= 4 is 23.2 Å². The largest absolute Gasteiger partial charge is 0.493 e. The topological polar surface area (TPSA) is 98.8 Å². The number of benzene rings is 2. The molecule has 0 atom stereocenters. The summed E-state index contributed by atoms with van der Waals surface area (Å²) in [6, 6.07) is 10.4. The van der Waals surface area contributed by atoms with E-state index in [1.807, 2.05) is 0 Å². The molecule has 1 aromatic heterocycles. The Morgan fingerprint density at radius 2 is 1.79 bits per heavy atom. The number of amides is 2. The molecular formula is C23H24FN3O5S. The average Bonchev–Trinajstić information content (AvgIpc) is 3.31. The van der Waals surface area contributed by atoms with Crippen LogP contribution in [-0.2, 0) is 6.61 Å². The van der Waals surface area contributed by atoms with Gasteiger partial charge in [0, 0.05) is 10.9 Å². The number of methoxy groups -OCH3 is 1. The number of ether oxygens (including phenoxy) is 3. The van der Waals surface area contributed by atoms with Gasteiger partial charge in [-0.1, -0.05) is 13.3 Å². The van der Waals surface area contributed by atoms with Gasteiger partial charge in [-0.25, -0.2) is 9.37 Å². The Balaban J connectivity index is 1.52. The van der Waals surface area contributed by atoms with Crippen LogP contribution in [0.1, 0.15) is 45.6 Å². The first-order chi connectivity index (χ1) is 16.0. The molecule has 0 fully saturated rings. The molecular weight excluding hydrogens is 449 g/mol. The monoisotopic (exact) mass is 473 g/mol. The third-order valence-corrected chi connectivity index (χ3v) is 5.25. The normalized spacial score (nSPS) is 10.4. The van der Waals surface area contributed by atoms with E-state index in [0.717, 1.165) is 12.8 Å². The predicted molar refractivity (Wildman–Crippen MR) is 121 cm³/mol. The van der Waals surface area contributed by atoms with Gasteiger partial charge in [0.15, 0.2) is 11.5 Å². The van der Waals surface area contributed by atoms with Crippen molar-refractivity contribution in [3.63, 3.8) is 0 Å². The molecule has 3 rings (SSSR count). The average molecular weight is 474 g/mol. The Kier molecular flexibility index (Phi) is 8.59. The number of aromatic nitrogens is 1. The second-order valence-electron chi connectivity index (χ2n) is 6.84. The van der Waals surface area contributed by atoms with Crippen LogP contribution in [0.4, 0.5) is 4.39 Å². The summed E-state index contributed by atoms with van der Waals surface area (Å²) in [7, 11) is 1.49. The molecule has 0 aliphatic carbocycles. The number of rotatable bonds is 10. The molecule has 0 spiro atoms. The minimum absolute atomic E-state index is 0.127. The third kappa shape index (κ3) is 6.91. The first kappa shape index (κ1) is 24.0. The van der Waals surface area contributed by atoms with E-state index >= 15 is 0 Å². The van der Waals surface area contributed by atoms with Crippen LogP contribution >= 0.6 is 11.3 Å². The maximum Gasteiger partial charge on any atom is 0.289 e. The van der Waals surface area contributed by atoms with Crippen molar-refractivity contribution in [2.45, 2.75) is 26.4 Å². The lowest BCUT2D eigenvalue weighted by Gasteiger charge is -2.12. The van der Waals surface area contributed by atoms with Gasteiger partial charge in [-0.15, -0.1) is 11.3 Å². The maximum absolute atomic E-state index is 12.9. The SMILES string of the molecule is CCCCOc1ccc(C(=O)NNC(=O)c2csc(COc3ccc(F)cc3)n2)cc1OC. The molecule has 33 heavy (non-hydrogen) atoms. The van der Waals surface area contributed by atoms with Gasteiger partial charge >= 0.3 is 0 Å². The van der Waals surface area contributed by atoms with Crippen molar-refractivity contribution in [2.75, 3.05) is 13.7 Å².